The second-order valence-corrected chi connectivity index (χ2v) is 15.9. The molecule has 42 heavy (non-hydrogen) atoms. The number of quaternary nitrogens is 1. The average molecular weight is 599 g/mol. The molecule has 236 valence electrons. The first-order chi connectivity index (χ1) is 19.4. The number of hydrogen-bond acceptors (Lipinski definition) is 2. The number of aliphatic hydroxyl groups is 1. The third-order valence-electron chi connectivity index (χ3n) is 13.1. The minimum absolute atomic E-state index is 0. The molecule has 5 heteroatoms. The Balaban J connectivity index is 0.00000405. The number of nitrogens with one attached hydrogen (secondary N) is 1. The predicted octanol–water partition coefficient (Wildman–Crippen LogP) is 4.46. The molecule has 4 fully saturated rings. The number of carbonyl (C=O) groups excluding carboxylic acids is 1. The highest BCUT2D eigenvalue weighted by atomic mass is 35.5. The average Bonchev–Trinajstić information content (AvgIpc) is 3.29. The van der Waals surface area contributed by atoms with E-state index in [1.54, 1.807) is 0 Å². The van der Waals surface area contributed by atoms with Gasteiger partial charge in [-0.05, 0) is 116 Å². The number of rotatable bonds is 10. The second-order valence-electron chi connectivity index (χ2n) is 15.9. The number of nitrogens with zero attached hydrogens (tertiary/aromatic N) is 1. The zero-order valence-electron chi connectivity index (χ0n) is 27.2. The van der Waals surface area contributed by atoms with E-state index < -0.39 is 0 Å². The Morgan fingerprint density at radius 3 is 2.45 bits per heavy atom. The first-order valence-electron chi connectivity index (χ1n) is 16.9. The lowest BCUT2D eigenvalue weighted by atomic mass is 9.44. The SMILES string of the molecule is C=Cc1ccc(C[N+](C)(C)CCNC(=O)CCC(C)[C@H]2CCC3C4CCC5C[C@H](O)CC[C@]5(C)C4CC[C@@]32C)cc1.[Cl-]. The number of benzene rings is 1. The van der Waals surface area contributed by atoms with E-state index in [4.69, 9.17) is 0 Å². The Hall–Kier alpha value is -1.36. The van der Waals surface area contributed by atoms with Crippen LogP contribution in [-0.2, 0) is 11.3 Å². The number of halogens is 1. The normalized spacial score (nSPS) is 36.5. The van der Waals surface area contributed by atoms with Crippen molar-refractivity contribution < 1.29 is 26.8 Å². The fraction of sp³-hybridized carbons (Fsp3) is 0.757. The minimum Gasteiger partial charge on any atom is -1.00 e. The second kappa shape index (κ2) is 13.3. The summed E-state index contributed by atoms with van der Waals surface area (Å²) in [4.78, 5) is 12.9. The van der Waals surface area contributed by atoms with Crippen LogP contribution in [0.3, 0.4) is 0 Å². The summed E-state index contributed by atoms with van der Waals surface area (Å²) in [6.07, 6.45) is 15.0. The van der Waals surface area contributed by atoms with Crippen LogP contribution < -0.4 is 17.7 Å². The molecule has 4 saturated carbocycles. The van der Waals surface area contributed by atoms with Crippen molar-refractivity contribution in [1.29, 1.82) is 0 Å². The molecular weight excluding hydrogens is 540 g/mol. The van der Waals surface area contributed by atoms with E-state index >= 15 is 0 Å². The van der Waals surface area contributed by atoms with Crippen LogP contribution in [0.2, 0.25) is 0 Å². The van der Waals surface area contributed by atoms with Gasteiger partial charge in [-0.1, -0.05) is 57.7 Å². The molecule has 1 amide bonds. The van der Waals surface area contributed by atoms with E-state index in [0.717, 1.165) is 78.5 Å². The summed E-state index contributed by atoms with van der Waals surface area (Å²) in [5.74, 6) is 4.92. The molecule has 0 aliphatic heterocycles. The van der Waals surface area contributed by atoms with Gasteiger partial charge in [-0.25, -0.2) is 0 Å². The van der Waals surface area contributed by atoms with Crippen molar-refractivity contribution in [2.24, 2.45) is 46.3 Å². The molecule has 2 N–H and O–H groups in total. The van der Waals surface area contributed by atoms with Gasteiger partial charge in [0.1, 0.15) is 6.54 Å². The van der Waals surface area contributed by atoms with Crippen LogP contribution in [0.1, 0.15) is 103 Å². The molecular formula is C37H59ClN2O2. The standard InChI is InChI=1S/C37H58N2O2.ClH/c1-7-27-9-11-28(12-10-27)25-39(5,6)23-22-38-35(41)17-8-26(2)32-15-16-33-31-14-13-29-24-30(40)18-20-36(29,3)34(31)19-21-37(32,33)4;/h7,9-12,26,29-34,40H,1,8,13-25H2,2-6H3;1H/t26?,29?,30-,31?,32-,33?,34?,36+,37-;/m1./s1. The van der Waals surface area contributed by atoms with Crippen molar-refractivity contribution in [1.82, 2.24) is 5.32 Å². The Bertz CT molecular complexity index is 1070. The van der Waals surface area contributed by atoms with Crippen LogP contribution in [0.15, 0.2) is 30.8 Å². The first kappa shape index (κ1) is 33.5. The zero-order chi connectivity index (χ0) is 29.4. The summed E-state index contributed by atoms with van der Waals surface area (Å²) >= 11 is 0. The summed E-state index contributed by atoms with van der Waals surface area (Å²) in [5.41, 5.74) is 3.37. The number of hydrogen-bond donors (Lipinski definition) is 2. The molecule has 5 unspecified atom stereocenters. The Morgan fingerprint density at radius 1 is 1.05 bits per heavy atom. The maximum Gasteiger partial charge on any atom is 0.220 e. The quantitative estimate of drug-likeness (QED) is 0.391. The van der Waals surface area contributed by atoms with E-state index in [0.29, 0.717) is 23.2 Å². The minimum atomic E-state index is -0.0569. The monoisotopic (exact) mass is 598 g/mol. The third kappa shape index (κ3) is 6.81. The van der Waals surface area contributed by atoms with Crippen LogP contribution in [-0.4, -0.2) is 48.8 Å². The highest BCUT2D eigenvalue weighted by Gasteiger charge is 2.60. The summed E-state index contributed by atoms with van der Waals surface area (Å²) in [7, 11) is 4.48. The molecule has 0 radical (unpaired) electrons. The fourth-order valence-corrected chi connectivity index (χ4v) is 10.7. The molecule has 9 atom stereocenters. The maximum absolute atomic E-state index is 12.9. The smallest absolute Gasteiger partial charge is 0.220 e. The molecule has 0 saturated heterocycles. The van der Waals surface area contributed by atoms with Gasteiger partial charge in [0.15, 0.2) is 0 Å². The molecule has 0 spiro atoms. The zero-order valence-corrected chi connectivity index (χ0v) is 28.0. The molecule has 0 bridgehead atoms. The molecule has 5 rings (SSSR count). The van der Waals surface area contributed by atoms with Gasteiger partial charge in [-0.15, -0.1) is 0 Å². The van der Waals surface area contributed by atoms with Gasteiger partial charge >= 0.3 is 0 Å². The largest absolute Gasteiger partial charge is 1.00 e. The van der Waals surface area contributed by atoms with Crippen molar-refractivity contribution in [3.8, 4) is 0 Å². The molecule has 1 aromatic rings. The van der Waals surface area contributed by atoms with Crippen molar-refractivity contribution in [3.05, 3.63) is 42.0 Å². The fourth-order valence-electron chi connectivity index (χ4n) is 10.7. The number of fused-ring (bicyclic) bond motifs is 5. The Kier molecular flexibility index (Phi) is 10.6. The highest BCUT2D eigenvalue weighted by Crippen LogP contribution is 2.68. The summed E-state index contributed by atoms with van der Waals surface area (Å²) < 4.78 is 0.856. The van der Waals surface area contributed by atoms with Crippen molar-refractivity contribution in [2.45, 2.75) is 104 Å². The molecule has 1 aromatic carbocycles. The van der Waals surface area contributed by atoms with Gasteiger partial charge in [0.05, 0.1) is 33.3 Å². The number of likely N-dealkylation sites (N-methyl/N-ethyl adjacent to an activating group) is 1. The van der Waals surface area contributed by atoms with Gasteiger partial charge in [-0.2, -0.15) is 0 Å². The molecule has 4 aliphatic rings. The van der Waals surface area contributed by atoms with Crippen molar-refractivity contribution in [2.75, 3.05) is 27.2 Å². The van der Waals surface area contributed by atoms with Crippen LogP contribution in [0.25, 0.3) is 6.08 Å². The van der Waals surface area contributed by atoms with E-state index in [1.807, 2.05) is 6.08 Å². The number of aliphatic hydroxyl groups excluding tert-OH is 1. The lowest BCUT2D eigenvalue weighted by Gasteiger charge is -2.61. The molecule has 4 aliphatic carbocycles. The summed E-state index contributed by atoms with van der Waals surface area (Å²) in [6.45, 7) is 14.1. The maximum atomic E-state index is 12.9. The van der Waals surface area contributed by atoms with Gasteiger partial charge in [0.25, 0.3) is 0 Å². The van der Waals surface area contributed by atoms with E-state index in [1.165, 1.54) is 50.5 Å². The molecule has 4 nitrogen and oxygen atoms in total. The first-order valence-corrected chi connectivity index (χ1v) is 16.9. The van der Waals surface area contributed by atoms with Crippen LogP contribution in [0, 0.1) is 46.3 Å². The van der Waals surface area contributed by atoms with Crippen LogP contribution in [0.5, 0.6) is 0 Å². The Morgan fingerprint density at radius 2 is 1.74 bits per heavy atom. The van der Waals surface area contributed by atoms with Crippen LogP contribution in [0.4, 0.5) is 0 Å². The number of amides is 1. The summed E-state index contributed by atoms with van der Waals surface area (Å²) in [6, 6.07) is 8.61. The van der Waals surface area contributed by atoms with Gasteiger partial charge in [-0.3, -0.25) is 4.79 Å². The van der Waals surface area contributed by atoms with E-state index in [9.17, 15) is 9.90 Å². The molecule has 0 aromatic heterocycles. The lowest BCUT2D eigenvalue weighted by molar-refractivity contribution is -0.902. The predicted molar refractivity (Wildman–Crippen MR) is 170 cm³/mol. The van der Waals surface area contributed by atoms with Crippen molar-refractivity contribution >= 4 is 12.0 Å². The van der Waals surface area contributed by atoms with Gasteiger partial charge < -0.3 is 27.3 Å². The Labute approximate surface area is 263 Å². The topological polar surface area (TPSA) is 49.3 Å². The highest BCUT2D eigenvalue weighted by molar-refractivity contribution is 5.75. The van der Waals surface area contributed by atoms with Crippen molar-refractivity contribution in [3.63, 3.8) is 0 Å². The summed E-state index contributed by atoms with van der Waals surface area (Å²) in [5, 5.41) is 13.6. The van der Waals surface area contributed by atoms with Gasteiger partial charge in [0, 0.05) is 12.0 Å². The lowest BCUT2D eigenvalue weighted by Crippen LogP contribution is -3.00. The number of carbonyl (C=O) groups is 1. The third-order valence-corrected chi connectivity index (χ3v) is 13.1. The van der Waals surface area contributed by atoms with E-state index in [-0.39, 0.29) is 24.4 Å². The van der Waals surface area contributed by atoms with Gasteiger partial charge in [0.2, 0.25) is 5.91 Å². The van der Waals surface area contributed by atoms with Crippen LogP contribution >= 0.6 is 0 Å². The molecule has 0 heterocycles. The van der Waals surface area contributed by atoms with E-state index in [2.05, 4.69) is 71.0 Å².